The van der Waals surface area contributed by atoms with Crippen molar-refractivity contribution in [3.8, 4) is 11.5 Å². The van der Waals surface area contributed by atoms with Crippen LogP contribution in [0.15, 0.2) is 51.4 Å². The van der Waals surface area contributed by atoms with Gasteiger partial charge in [0.15, 0.2) is 0 Å². The lowest BCUT2D eigenvalue weighted by atomic mass is 10.1. The Kier molecular flexibility index (Phi) is 5.02. The average molecular weight is 385 g/mol. The third kappa shape index (κ3) is 3.81. The molecule has 0 aromatic heterocycles. The number of hydrogen-bond donors (Lipinski definition) is 1. The van der Waals surface area contributed by atoms with E-state index < -0.39 is 0 Å². The molecule has 19 heavy (non-hydrogen) atoms. The van der Waals surface area contributed by atoms with E-state index in [0.29, 0.717) is 6.04 Å². The summed E-state index contributed by atoms with van der Waals surface area (Å²) in [6.07, 6.45) is 0. The number of ether oxygens (including phenoxy) is 1. The molecule has 0 saturated heterocycles. The topological polar surface area (TPSA) is 21.3 Å². The second-order valence-electron chi connectivity index (χ2n) is 4.25. The quantitative estimate of drug-likeness (QED) is 0.773. The maximum absolute atomic E-state index is 5.81. The first kappa shape index (κ1) is 14.6. The molecule has 4 heteroatoms. The number of nitrogens with one attached hydrogen (secondary N) is 1. The van der Waals surface area contributed by atoms with Gasteiger partial charge in [0.25, 0.3) is 0 Å². The minimum absolute atomic E-state index is 0.302. The van der Waals surface area contributed by atoms with Crippen molar-refractivity contribution in [2.24, 2.45) is 0 Å². The zero-order valence-corrected chi connectivity index (χ0v) is 14.0. The Morgan fingerprint density at radius 2 is 1.63 bits per heavy atom. The molecule has 0 fully saturated rings. The van der Waals surface area contributed by atoms with Crippen LogP contribution in [0.25, 0.3) is 0 Å². The lowest BCUT2D eigenvalue weighted by Gasteiger charge is -2.14. The van der Waals surface area contributed by atoms with Gasteiger partial charge in [0, 0.05) is 15.0 Å². The number of rotatable bonds is 4. The first-order chi connectivity index (χ1) is 9.10. The molecule has 0 aliphatic heterocycles. The standard InChI is InChI=1S/C15H15Br2NO/c1-10(18-2)14-8-7-13(9-15(14)17)19-12-5-3-11(16)4-6-12/h3-10,18H,1-2H3. The van der Waals surface area contributed by atoms with E-state index in [2.05, 4.69) is 50.2 Å². The van der Waals surface area contributed by atoms with E-state index in [4.69, 9.17) is 4.74 Å². The van der Waals surface area contributed by atoms with Gasteiger partial charge in [0.1, 0.15) is 11.5 Å². The second kappa shape index (κ2) is 6.55. The van der Waals surface area contributed by atoms with Crippen molar-refractivity contribution in [2.75, 3.05) is 7.05 Å². The van der Waals surface area contributed by atoms with E-state index >= 15 is 0 Å². The number of benzene rings is 2. The van der Waals surface area contributed by atoms with Crippen molar-refractivity contribution in [3.05, 3.63) is 57.0 Å². The summed E-state index contributed by atoms with van der Waals surface area (Å²) < 4.78 is 7.90. The Labute approximate surface area is 130 Å². The van der Waals surface area contributed by atoms with Crippen LogP contribution in [0.2, 0.25) is 0 Å². The molecule has 2 nitrogen and oxygen atoms in total. The smallest absolute Gasteiger partial charge is 0.128 e. The zero-order chi connectivity index (χ0) is 13.8. The highest BCUT2D eigenvalue weighted by Crippen LogP contribution is 2.30. The third-order valence-corrected chi connectivity index (χ3v) is 4.14. The van der Waals surface area contributed by atoms with Crippen LogP contribution >= 0.6 is 31.9 Å². The van der Waals surface area contributed by atoms with Gasteiger partial charge in [-0.05, 0) is 55.9 Å². The van der Waals surface area contributed by atoms with Crippen molar-refractivity contribution in [3.63, 3.8) is 0 Å². The fraction of sp³-hybridized carbons (Fsp3) is 0.200. The van der Waals surface area contributed by atoms with Crippen LogP contribution < -0.4 is 10.1 Å². The summed E-state index contributed by atoms with van der Waals surface area (Å²) in [4.78, 5) is 0. The Balaban J connectivity index is 2.18. The van der Waals surface area contributed by atoms with Crippen molar-refractivity contribution < 1.29 is 4.74 Å². The average Bonchev–Trinajstić information content (AvgIpc) is 2.41. The monoisotopic (exact) mass is 383 g/mol. The SMILES string of the molecule is CNC(C)c1ccc(Oc2ccc(Br)cc2)cc1Br. The molecule has 0 saturated carbocycles. The minimum atomic E-state index is 0.302. The second-order valence-corrected chi connectivity index (χ2v) is 6.02. The summed E-state index contributed by atoms with van der Waals surface area (Å²) >= 11 is 6.99. The number of hydrogen-bond acceptors (Lipinski definition) is 2. The van der Waals surface area contributed by atoms with Gasteiger partial charge in [-0.2, -0.15) is 0 Å². The molecule has 100 valence electrons. The van der Waals surface area contributed by atoms with Gasteiger partial charge in [-0.3, -0.25) is 0 Å². The predicted octanol–water partition coefficient (Wildman–Crippen LogP) is 5.28. The van der Waals surface area contributed by atoms with Crippen molar-refractivity contribution in [1.29, 1.82) is 0 Å². The highest BCUT2D eigenvalue weighted by molar-refractivity contribution is 9.10. The van der Waals surface area contributed by atoms with Gasteiger partial charge in [0.2, 0.25) is 0 Å². The molecule has 0 aliphatic carbocycles. The van der Waals surface area contributed by atoms with Crippen molar-refractivity contribution >= 4 is 31.9 Å². The normalized spacial score (nSPS) is 12.2. The Bertz CT molecular complexity index is 555. The Morgan fingerprint density at radius 1 is 1.00 bits per heavy atom. The van der Waals surface area contributed by atoms with Crippen LogP contribution in [0.3, 0.4) is 0 Å². The first-order valence-corrected chi connectivity index (χ1v) is 7.59. The zero-order valence-electron chi connectivity index (χ0n) is 10.8. The highest BCUT2D eigenvalue weighted by atomic mass is 79.9. The fourth-order valence-electron chi connectivity index (χ4n) is 1.72. The molecule has 2 aromatic rings. The van der Waals surface area contributed by atoms with E-state index in [1.54, 1.807) is 0 Å². The maximum Gasteiger partial charge on any atom is 0.128 e. The van der Waals surface area contributed by atoms with E-state index in [9.17, 15) is 0 Å². The van der Waals surface area contributed by atoms with Gasteiger partial charge in [-0.15, -0.1) is 0 Å². The van der Waals surface area contributed by atoms with Crippen LogP contribution in [-0.4, -0.2) is 7.05 Å². The van der Waals surface area contributed by atoms with Crippen molar-refractivity contribution in [1.82, 2.24) is 5.32 Å². The minimum Gasteiger partial charge on any atom is -0.457 e. The van der Waals surface area contributed by atoms with Crippen LogP contribution in [0.4, 0.5) is 0 Å². The van der Waals surface area contributed by atoms with Crippen LogP contribution in [-0.2, 0) is 0 Å². The van der Waals surface area contributed by atoms with Crippen molar-refractivity contribution in [2.45, 2.75) is 13.0 Å². The van der Waals surface area contributed by atoms with Gasteiger partial charge >= 0.3 is 0 Å². The largest absolute Gasteiger partial charge is 0.457 e. The predicted molar refractivity (Wildman–Crippen MR) is 85.8 cm³/mol. The van der Waals surface area contributed by atoms with E-state index in [1.165, 1.54) is 5.56 Å². The molecular formula is C15H15Br2NO. The molecule has 2 rings (SSSR count). The Hall–Kier alpha value is -0.840. The van der Waals surface area contributed by atoms with Gasteiger partial charge in [-0.25, -0.2) is 0 Å². The first-order valence-electron chi connectivity index (χ1n) is 6.00. The summed E-state index contributed by atoms with van der Waals surface area (Å²) in [6.45, 7) is 2.12. The molecule has 0 heterocycles. The molecule has 0 bridgehead atoms. The fourth-order valence-corrected chi connectivity index (χ4v) is 2.68. The summed E-state index contributed by atoms with van der Waals surface area (Å²) in [6, 6.07) is 14.1. The molecule has 0 spiro atoms. The molecule has 1 N–H and O–H groups in total. The molecular weight excluding hydrogens is 370 g/mol. The molecule has 0 radical (unpaired) electrons. The molecule has 1 unspecified atom stereocenters. The third-order valence-electron chi connectivity index (χ3n) is 2.92. The molecule has 0 amide bonds. The molecule has 2 aromatic carbocycles. The molecule has 0 aliphatic rings. The molecule has 1 atom stereocenters. The van der Waals surface area contributed by atoms with Crippen LogP contribution in [0.1, 0.15) is 18.5 Å². The summed E-state index contributed by atoms with van der Waals surface area (Å²) in [7, 11) is 1.95. The lowest BCUT2D eigenvalue weighted by molar-refractivity contribution is 0.481. The summed E-state index contributed by atoms with van der Waals surface area (Å²) in [5, 5.41) is 3.22. The maximum atomic E-state index is 5.81. The van der Waals surface area contributed by atoms with E-state index in [0.717, 1.165) is 20.4 Å². The van der Waals surface area contributed by atoms with Gasteiger partial charge < -0.3 is 10.1 Å². The van der Waals surface area contributed by atoms with Crippen LogP contribution in [0, 0.1) is 0 Å². The van der Waals surface area contributed by atoms with Gasteiger partial charge in [0.05, 0.1) is 0 Å². The lowest BCUT2D eigenvalue weighted by Crippen LogP contribution is -2.12. The summed E-state index contributed by atoms with van der Waals surface area (Å²) in [5.41, 5.74) is 1.21. The number of halogens is 2. The highest BCUT2D eigenvalue weighted by Gasteiger charge is 2.08. The summed E-state index contributed by atoms with van der Waals surface area (Å²) in [5.74, 6) is 1.64. The van der Waals surface area contributed by atoms with Crippen LogP contribution in [0.5, 0.6) is 11.5 Å². The Morgan fingerprint density at radius 3 is 2.21 bits per heavy atom. The van der Waals surface area contributed by atoms with E-state index in [1.807, 2.05) is 43.4 Å². The van der Waals surface area contributed by atoms with Gasteiger partial charge in [-0.1, -0.05) is 37.9 Å². The van der Waals surface area contributed by atoms with E-state index in [-0.39, 0.29) is 0 Å².